The Hall–Kier alpha value is -1.68. The lowest BCUT2D eigenvalue weighted by atomic mass is 10.1. The Kier molecular flexibility index (Phi) is 4.62. The van der Waals surface area contributed by atoms with E-state index in [0.29, 0.717) is 0 Å². The second kappa shape index (κ2) is 5.78. The molecule has 96 valence electrons. The van der Waals surface area contributed by atoms with Crippen molar-refractivity contribution in [2.45, 2.75) is 19.4 Å². The molecule has 0 bridgehead atoms. The zero-order valence-corrected chi connectivity index (χ0v) is 11.4. The molecule has 0 fully saturated rings. The van der Waals surface area contributed by atoms with Crippen molar-refractivity contribution in [3.8, 4) is 6.07 Å². The highest BCUT2D eigenvalue weighted by Crippen LogP contribution is 2.33. The van der Waals surface area contributed by atoms with Crippen LogP contribution in [0, 0.1) is 27.3 Å². The van der Waals surface area contributed by atoms with Gasteiger partial charge in [0.05, 0.1) is 28.0 Å². The quantitative estimate of drug-likeness (QED) is 0.631. The van der Waals surface area contributed by atoms with Crippen molar-refractivity contribution in [3.05, 3.63) is 32.5 Å². The van der Waals surface area contributed by atoms with E-state index in [2.05, 4.69) is 15.9 Å². The predicted octanol–water partition coefficient (Wildman–Crippen LogP) is 3.23. The summed E-state index contributed by atoms with van der Waals surface area (Å²) in [6, 6.07) is 4.01. The molecule has 18 heavy (non-hydrogen) atoms. The predicted molar refractivity (Wildman–Crippen MR) is 68.8 cm³/mol. The highest BCUT2D eigenvalue weighted by molar-refractivity contribution is 9.10. The zero-order valence-electron chi connectivity index (χ0n) is 9.85. The molecule has 0 aliphatic carbocycles. The second-order valence-electron chi connectivity index (χ2n) is 3.83. The van der Waals surface area contributed by atoms with Gasteiger partial charge in [0.1, 0.15) is 11.5 Å². The van der Waals surface area contributed by atoms with E-state index in [1.54, 1.807) is 18.9 Å². The highest BCUT2D eigenvalue weighted by Gasteiger charge is 2.23. The Morgan fingerprint density at radius 2 is 2.28 bits per heavy atom. The number of nitro groups is 1. The fourth-order valence-electron chi connectivity index (χ4n) is 1.46. The summed E-state index contributed by atoms with van der Waals surface area (Å²) in [5, 5.41) is 19.5. The van der Waals surface area contributed by atoms with Gasteiger partial charge in [-0.05, 0) is 28.9 Å². The van der Waals surface area contributed by atoms with E-state index in [4.69, 9.17) is 5.26 Å². The van der Waals surface area contributed by atoms with E-state index >= 15 is 0 Å². The lowest BCUT2D eigenvalue weighted by Gasteiger charge is -2.25. The van der Waals surface area contributed by atoms with Gasteiger partial charge in [0.25, 0.3) is 5.69 Å². The van der Waals surface area contributed by atoms with Crippen LogP contribution >= 0.6 is 15.9 Å². The summed E-state index contributed by atoms with van der Waals surface area (Å²) in [4.78, 5) is 11.9. The first kappa shape index (κ1) is 14.4. The van der Waals surface area contributed by atoms with Gasteiger partial charge in [-0.1, -0.05) is 0 Å². The smallest absolute Gasteiger partial charge is 0.295 e. The topological polar surface area (TPSA) is 70.2 Å². The summed E-state index contributed by atoms with van der Waals surface area (Å²) in [7, 11) is 1.63. The number of hydrogen-bond acceptors (Lipinski definition) is 4. The number of nitrogens with zero attached hydrogens (tertiary/aromatic N) is 3. The average molecular weight is 316 g/mol. The van der Waals surface area contributed by atoms with Gasteiger partial charge in [0.2, 0.25) is 0 Å². The highest BCUT2D eigenvalue weighted by atomic mass is 79.9. The molecule has 0 radical (unpaired) electrons. The van der Waals surface area contributed by atoms with E-state index in [-0.39, 0.29) is 28.3 Å². The van der Waals surface area contributed by atoms with E-state index in [9.17, 15) is 14.5 Å². The van der Waals surface area contributed by atoms with Gasteiger partial charge >= 0.3 is 0 Å². The Labute approximate surface area is 112 Å². The van der Waals surface area contributed by atoms with Crippen LogP contribution in [-0.4, -0.2) is 18.0 Å². The normalized spacial score (nSPS) is 11.7. The minimum Gasteiger partial charge on any atom is -0.365 e. The van der Waals surface area contributed by atoms with Crippen LogP contribution in [0.5, 0.6) is 0 Å². The summed E-state index contributed by atoms with van der Waals surface area (Å²) in [5.74, 6) is -0.688. The fourth-order valence-corrected chi connectivity index (χ4v) is 1.79. The minimum absolute atomic E-state index is 0.152. The average Bonchev–Trinajstić information content (AvgIpc) is 2.31. The summed E-state index contributed by atoms with van der Waals surface area (Å²) in [5.41, 5.74) is -0.0426. The Morgan fingerprint density at radius 1 is 1.67 bits per heavy atom. The summed E-state index contributed by atoms with van der Waals surface area (Å²) in [6.07, 6.45) is 0.225. The SMILES string of the molecule is CC(CC#N)N(C)c1cc(Br)c(F)cc1[N+](=O)[O-]. The molecule has 1 unspecified atom stereocenters. The maximum atomic E-state index is 13.3. The molecule has 1 aromatic rings. The molecule has 5 nitrogen and oxygen atoms in total. The van der Waals surface area contributed by atoms with Crippen molar-refractivity contribution in [2.75, 3.05) is 11.9 Å². The van der Waals surface area contributed by atoms with Gasteiger partial charge in [0, 0.05) is 13.1 Å². The fraction of sp³-hybridized carbons (Fsp3) is 0.364. The summed E-state index contributed by atoms with van der Waals surface area (Å²) < 4.78 is 13.5. The van der Waals surface area contributed by atoms with Crippen LogP contribution in [0.2, 0.25) is 0 Å². The molecule has 0 heterocycles. The largest absolute Gasteiger partial charge is 0.365 e. The number of rotatable bonds is 4. The Balaban J connectivity index is 3.26. The summed E-state index contributed by atoms with van der Waals surface area (Å²) in [6.45, 7) is 1.77. The van der Waals surface area contributed by atoms with Gasteiger partial charge in [-0.25, -0.2) is 4.39 Å². The van der Waals surface area contributed by atoms with Crippen LogP contribution < -0.4 is 4.90 Å². The molecule has 7 heteroatoms. The van der Waals surface area contributed by atoms with Crippen LogP contribution in [0.25, 0.3) is 0 Å². The maximum Gasteiger partial charge on any atom is 0.295 e. The first-order valence-corrected chi connectivity index (χ1v) is 5.91. The van der Waals surface area contributed by atoms with Gasteiger partial charge < -0.3 is 4.90 Å². The molecule has 0 saturated carbocycles. The van der Waals surface area contributed by atoms with E-state index in [0.717, 1.165) is 6.07 Å². The van der Waals surface area contributed by atoms with Crippen LogP contribution in [0.4, 0.5) is 15.8 Å². The Morgan fingerprint density at radius 3 is 2.78 bits per heavy atom. The minimum atomic E-state index is -0.688. The molecule has 0 N–H and O–H groups in total. The third kappa shape index (κ3) is 2.96. The van der Waals surface area contributed by atoms with E-state index < -0.39 is 10.7 Å². The van der Waals surface area contributed by atoms with Crippen molar-refractivity contribution in [1.82, 2.24) is 0 Å². The monoisotopic (exact) mass is 315 g/mol. The lowest BCUT2D eigenvalue weighted by Crippen LogP contribution is -2.29. The molecule has 0 spiro atoms. The zero-order chi connectivity index (χ0) is 13.9. The van der Waals surface area contributed by atoms with E-state index in [1.165, 1.54) is 6.07 Å². The molecular formula is C11H11BrFN3O2. The van der Waals surface area contributed by atoms with Crippen molar-refractivity contribution in [1.29, 1.82) is 5.26 Å². The van der Waals surface area contributed by atoms with Gasteiger partial charge in [0.15, 0.2) is 0 Å². The number of hydrogen-bond donors (Lipinski definition) is 0. The van der Waals surface area contributed by atoms with E-state index in [1.807, 2.05) is 6.07 Å². The number of halogens is 2. The van der Waals surface area contributed by atoms with Crippen molar-refractivity contribution in [2.24, 2.45) is 0 Å². The van der Waals surface area contributed by atoms with Gasteiger partial charge in [-0.2, -0.15) is 5.26 Å². The van der Waals surface area contributed by atoms with Crippen LogP contribution in [0.15, 0.2) is 16.6 Å². The maximum absolute atomic E-state index is 13.3. The van der Waals surface area contributed by atoms with Crippen molar-refractivity contribution < 1.29 is 9.31 Å². The Bertz CT molecular complexity index is 516. The van der Waals surface area contributed by atoms with Crippen LogP contribution in [0.1, 0.15) is 13.3 Å². The first-order chi connectivity index (χ1) is 8.38. The molecular weight excluding hydrogens is 305 g/mol. The molecule has 0 aromatic heterocycles. The number of benzene rings is 1. The standard InChI is InChI=1S/C11H11BrFN3O2/c1-7(3-4-14)15(2)10-5-8(12)9(13)6-11(10)16(17)18/h5-7H,3H2,1-2H3. The molecule has 1 rings (SSSR count). The molecule has 0 aliphatic heterocycles. The third-order valence-electron chi connectivity index (χ3n) is 2.64. The second-order valence-corrected chi connectivity index (χ2v) is 4.69. The molecule has 0 saturated heterocycles. The summed E-state index contributed by atoms with van der Waals surface area (Å²) >= 11 is 3.00. The number of nitro benzene ring substituents is 1. The first-order valence-electron chi connectivity index (χ1n) is 5.11. The molecule has 1 aromatic carbocycles. The van der Waals surface area contributed by atoms with Gasteiger partial charge in [-0.15, -0.1) is 0 Å². The van der Waals surface area contributed by atoms with Crippen molar-refractivity contribution in [3.63, 3.8) is 0 Å². The van der Waals surface area contributed by atoms with Crippen LogP contribution in [0.3, 0.4) is 0 Å². The van der Waals surface area contributed by atoms with Gasteiger partial charge in [-0.3, -0.25) is 10.1 Å². The number of anilines is 1. The lowest BCUT2D eigenvalue weighted by molar-refractivity contribution is -0.384. The number of nitriles is 1. The molecule has 0 aliphatic rings. The van der Waals surface area contributed by atoms with Crippen molar-refractivity contribution >= 4 is 27.3 Å². The molecule has 1 atom stereocenters. The molecule has 0 amide bonds. The third-order valence-corrected chi connectivity index (χ3v) is 3.25. The van der Waals surface area contributed by atoms with Crippen LogP contribution in [-0.2, 0) is 0 Å².